The molecule has 1 heterocycles. The largest absolute Gasteiger partial charge is 0.478 e. The van der Waals surface area contributed by atoms with Crippen LogP contribution in [0.2, 0.25) is 0 Å². The molecule has 23 heavy (non-hydrogen) atoms. The van der Waals surface area contributed by atoms with Gasteiger partial charge < -0.3 is 9.84 Å². The minimum atomic E-state index is -3.49. The molecule has 0 aromatic heterocycles. The number of rotatable bonds is 7. The van der Waals surface area contributed by atoms with Crippen LogP contribution in [0.25, 0.3) is 0 Å². The molecule has 1 aromatic rings. The van der Waals surface area contributed by atoms with Crippen LogP contribution >= 0.6 is 0 Å². The molecule has 2 aliphatic rings. The first-order valence-corrected chi connectivity index (χ1v) is 9.53. The standard InChI is InChI=1S/C16H21NO5S/c18-16(19)14-5-2-6-15-13(14)7-8-17(15)23(20,21)10-9-22-11-12-3-1-4-12/h2,5-6,12H,1,3-4,7-11H2,(H,18,19). The molecule has 1 aliphatic heterocycles. The highest BCUT2D eigenvalue weighted by Gasteiger charge is 2.31. The predicted octanol–water partition coefficient (Wildman–Crippen LogP) is 1.89. The molecule has 0 spiro atoms. The zero-order valence-electron chi connectivity index (χ0n) is 12.9. The lowest BCUT2D eigenvalue weighted by Crippen LogP contribution is -2.33. The van der Waals surface area contributed by atoms with Gasteiger partial charge in [0, 0.05) is 13.2 Å². The van der Waals surface area contributed by atoms with Crippen molar-refractivity contribution in [3.8, 4) is 0 Å². The number of carboxylic acids is 1. The van der Waals surface area contributed by atoms with Crippen LogP contribution in [0.15, 0.2) is 18.2 Å². The Bertz CT molecular complexity index is 696. The third-order valence-corrected chi connectivity index (χ3v) is 6.35. The molecule has 6 nitrogen and oxygen atoms in total. The number of carboxylic acid groups (broad SMARTS) is 1. The van der Waals surface area contributed by atoms with Gasteiger partial charge in [-0.05, 0) is 42.9 Å². The SMILES string of the molecule is O=C(O)c1cccc2c1CCN2S(=O)(=O)CCOCC1CCC1. The normalized spacial score (nSPS) is 17.8. The number of aromatic carboxylic acids is 1. The third-order valence-electron chi connectivity index (χ3n) is 4.61. The lowest BCUT2D eigenvalue weighted by molar-refractivity contribution is 0.0696. The second-order valence-corrected chi connectivity index (χ2v) is 8.13. The van der Waals surface area contributed by atoms with Gasteiger partial charge >= 0.3 is 5.97 Å². The molecule has 1 N–H and O–H groups in total. The topological polar surface area (TPSA) is 83.9 Å². The van der Waals surface area contributed by atoms with E-state index in [9.17, 15) is 18.3 Å². The molecule has 3 rings (SSSR count). The molecule has 126 valence electrons. The summed E-state index contributed by atoms with van der Waals surface area (Å²) in [6, 6.07) is 4.77. The average Bonchev–Trinajstić information content (AvgIpc) is 2.89. The Labute approximate surface area is 136 Å². The Hall–Kier alpha value is -1.60. The molecular weight excluding hydrogens is 318 g/mol. The molecule has 0 bridgehead atoms. The number of fused-ring (bicyclic) bond motifs is 1. The van der Waals surface area contributed by atoms with Gasteiger partial charge in [0.15, 0.2) is 0 Å². The lowest BCUT2D eigenvalue weighted by Gasteiger charge is -2.25. The zero-order chi connectivity index (χ0) is 16.4. The number of carbonyl (C=O) groups is 1. The Morgan fingerprint density at radius 1 is 1.35 bits per heavy atom. The number of benzene rings is 1. The van der Waals surface area contributed by atoms with Gasteiger partial charge in [0.1, 0.15) is 0 Å². The van der Waals surface area contributed by atoms with Crippen LogP contribution in [-0.4, -0.2) is 45.0 Å². The van der Waals surface area contributed by atoms with Crippen molar-refractivity contribution in [1.29, 1.82) is 0 Å². The molecule has 1 saturated carbocycles. The number of hydrogen-bond acceptors (Lipinski definition) is 4. The quantitative estimate of drug-likeness (QED) is 0.767. The first-order valence-electron chi connectivity index (χ1n) is 7.92. The van der Waals surface area contributed by atoms with Gasteiger partial charge in [0.25, 0.3) is 0 Å². The fourth-order valence-corrected chi connectivity index (χ4v) is 4.47. The molecule has 1 aromatic carbocycles. The van der Waals surface area contributed by atoms with E-state index in [0.717, 1.165) is 0 Å². The first-order chi connectivity index (χ1) is 11.0. The van der Waals surface area contributed by atoms with Crippen LogP contribution < -0.4 is 4.31 Å². The fourth-order valence-electron chi connectivity index (χ4n) is 3.08. The van der Waals surface area contributed by atoms with Crippen molar-refractivity contribution in [3.05, 3.63) is 29.3 Å². The van der Waals surface area contributed by atoms with Crippen molar-refractivity contribution in [2.24, 2.45) is 5.92 Å². The number of ether oxygens (including phenoxy) is 1. The Morgan fingerprint density at radius 3 is 2.78 bits per heavy atom. The van der Waals surface area contributed by atoms with E-state index in [1.807, 2.05) is 0 Å². The summed E-state index contributed by atoms with van der Waals surface area (Å²) in [7, 11) is -3.49. The van der Waals surface area contributed by atoms with E-state index in [1.54, 1.807) is 12.1 Å². The van der Waals surface area contributed by atoms with E-state index in [2.05, 4.69) is 0 Å². The molecule has 0 saturated heterocycles. The predicted molar refractivity (Wildman–Crippen MR) is 86.4 cm³/mol. The Kier molecular flexibility index (Phi) is 4.59. The van der Waals surface area contributed by atoms with Crippen LogP contribution in [-0.2, 0) is 21.2 Å². The highest BCUT2D eigenvalue weighted by atomic mass is 32.2. The van der Waals surface area contributed by atoms with Crippen molar-refractivity contribution in [3.63, 3.8) is 0 Å². The van der Waals surface area contributed by atoms with E-state index in [1.165, 1.54) is 29.6 Å². The maximum Gasteiger partial charge on any atom is 0.336 e. The van der Waals surface area contributed by atoms with E-state index in [-0.39, 0.29) is 17.9 Å². The molecule has 0 amide bonds. The van der Waals surface area contributed by atoms with Gasteiger partial charge in [-0.3, -0.25) is 4.31 Å². The second-order valence-electron chi connectivity index (χ2n) is 6.12. The molecule has 1 fully saturated rings. The molecule has 1 aliphatic carbocycles. The van der Waals surface area contributed by atoms with Gasteiger partial charge in [0.2, 0.25) is 10.0 Å². The molecule has 0 atom stereocenters. The van der Waals surface area contributed by atoms with E-state index in [0.29, 0.717) is 36.7 Å². The maximum atomic E-state index is 12.5. The van der Waals surface area contributed by atoms with Gasteiger partial charge in [-0.2, -0.15) is 0 Å². The molecule has 0 radical (unpaired) electrons. The van der Waals surface area contributed by atoms with Crippen molar-refractivity contribution >= 4 is 21.7 Å². The fraction of sp³-hybridized carbons (Fsp3) is 0.562. The maximum absolute atomic E-state index is 12.5. The van der Waals surface area contributed by atoms with Gasteiger partial charge in [-0.15, -0.1) is 0 Å². The van der Waals surface area contributed by atoms with Gasteiger partial charge in [-0.1, -0.05) is 12.5 Å². The number of nitrogens with zero attached hydrogens (tertiary/aromatic N) is 1. The minimum absolute atomic E-state index is 0.0730. The summed E-state index contributed by atoms with van der Waals surface area (Å²) in [5.41, 5.74) is 1.27. The average molecular weight is 339 g/mol. The minimum Gasteiger partial charge on any atom is -0.478 e. The smallest absolute Gasteiger partial charge is 0.336 e. The summed E-state index contributed by atoms with van der Waals surface area (Å²) < 4.78 is 31.8. The first kappa shape index (κ1) is 16.3. The third kappa shape index (κ3) is 3.35. The summed E-state index contributed by atoms with van der Waals surface area (Å²) in [6.45, 7) is 1.11. The van der Waals surface area contributed by atoms with Crippen molar-refractivity contribution < 1.29 is 23.1 Å². The summed E-state index contributed by atoms with van der Waals surface area (Å²) in [6.07, 6.45) is 4.01. The number of hydrogen-bond donors (Lipinski definition) is 1. The van der Waals surface area contributed by atoms with Crippen LogP contribution in [0.5, 0.6) is 0 Å². The number of anilines is 1. The summed E-state index contributed by atoms with van der Waals surface area (Å²) in [4.78, 5) is 11.2. The monoisotopic (exact) mass is 339 g/mol. The van der Waals surface area contributed by atoms with Crippen molar-refractivity contribution in [1.82, 2.24) is 0 Å². The van der Waals surface area contributed by atoms with Crippen LogP contribution in [0.4, 0.5) is 5.69 Å². The number of sulfonamides is 1. The Balaban J connectivity index is 1.65. The second kappa shape index (κ2) is 6.49. The molecule has 7 heteroatoms. The summed E-state index contributed by atoms with van der Waals surface area (Å²) in [5, 5.41) is 9.20. The van der Waals surface area contributed by atoms with Gasteiger partial charge in [-0.25, -0.2) is 13.2 Å². The zero-order valence-corrected chi connectivity index (χ0v) is 13.7. The molecular formula is C16H21NO5S. The summed E-state index contributed by atoms with van der Waals surface area (Å²) >= 11 is 0. The van der Waals surface area contributed by atoms with Gasteiger partial charge in [0.05, 0.1) is 23.6 Å². The highest BCUT2D eigenvalue weighted by molar-refractivity contribution is 7.92. The summed E-state index contributed by atoms with van der Waals surface area (Å²) in [5.74, 6) is -0.510. The van der Waals surface area contributed by atoms with Crippen LogP contribution in [0.3, 0.4) is 0 Å². The van der Waals surface area contributed by atoms with Crippen molar-refractivity contribution in [2.45, 2.75) is 25.7 Å². The molecule has 0 unspecified atom stereocenters. The van der Waals surface area contributed by atoms with Crippen molar-refractivity contribution in [2.75, 3.05) is 29.8 Å². The lowest BCUT2D eigenvalue weighted by atomic mass is 9.86. The van der Waals surface area contributed by atoms with E-state index in [4.69, 9.17) is 4.74 Å². The Morgan fingerprint density at radius 2 is 2.13 bits per heavy atom. The van der Waals surface area contributed by atoms with E-state index >= 15 is 0 Å². The van der Waals surface area contributed by atoms with Crippen LogP contribution in [0, 0.1) is 5.92 Å². The van der Waals surface area contributed by atoms with E-state index < -0.39 is 16.0 Å². The van der Waals surface area contributed by atoms with Crippen LogP contribution in [0.1, 0.15) is 35.2 Å². The highest BCUT2D eigenvalue weighted by Crippen LogP contribution is 2.33.